The number of nitrogens with zero attached hydrogens (tertiary/aromatic N) is 4. The van der Waals surface area contributed by atoms with Gasteiger partial charge < -0.3 is 26.0 Å². The molecule has 2 aromatic carbocycles. The minimum absolute atomic E-state index is 0.0678. The van der Waals surface area contributed by atoms with Gasteiger partial charge in [0.1, 0.15) is 11.3 Å². The molecule has 4 N–H and O–H groups in total. The Morgan fingerprint density at radius 1 is 0.863 bits per heavy atom. The molecule has 2 saturated heterocycles. The summed E-state index contributed by atoms with van der Waals surface area (Å²) in [6, 6.07) is 16.0. The van der Waals surface area contributed by atoms with Crippen LogP contribution in [-0.4, -0.2) is 63.4 Å². The largest absolute Gasteiger partial charge is 0.480 e. The third-order valence-electron chi connectivity index (χ3n) is 9.55. The number of ether oxygens (including phenoxy) is 1. The van der Waals surface area contributed by atoms with E-state index in [2.05, 4.69) is 38.2 Å². The Morgan fingerprint density at radius 2 is 1.53 bits per heavy atom. The van der Waals surface area contributed by atoms with Crippen molar-refractivity contribution in [1.82, 2.24) is 40.6 Å². The highest BCUT2D eigenvalue weighted by Crippen LogP contribution is 2.40. The van der Waals surface area contributed by atoms with Crippen molar-refractivity contribution in [2.45, 2.75) is 57.8 Å². The Labute approximate surface area is 300 Å². The number of methoxy groups -OCH3 is 1. The number of fused-ring (bicyclic) bond motifs is 1. The van der Waals surface area contributed by atoms with Crippen LogP contribution >= 0.6 is 11.6 Å². The molecule has 0 aliphatic carbocycles. The van der Waals surface area contributed by atoms with Gasteiger partial charge in [-0.15, -0.1) is 0 Å². The minimum Gasteiger partial charge on any atom is -0.480 e. The van der Waals surface area contributed by atoms with E-state index in [1.54, 1.807) is 30.1 Å². The Morgan fingerprint density at radius 3 is 2.22 bits per heavy atom. The van der Waals surface area contributed by atoms with E-state index in [-0.39, 0.29) is 29.5 Å². The molecule has 0 radical (unpaired) electrons. The molecule has 51 heavy (non-hydrogen) atoms. The third-order valence-corrected chi connectivity index (χ3v) is 9.96. The zero-order valence-electron chi connectivity index (χ0n) is 28.5. The molecule has 0 spiro atoms. The van der Waals surface area contributed by atoms with Crippen LogP contribution in [0.5, 0.6) is 5.88 Å². The number of carbonyl (C=O) groups excluding carboxylic acids is 2. The van der Waals surface area contributed by atoms with Crippen LogP contribution in [0.15, 0.2) is 71.9 Å². The summed E-state index contributed by atoms with van der Waals surface area (Å²) in [7, 11) is 1.57. The van der Waals surface area contributed by atoms with E-state index in [4.69, 9.17) is 21.3 Å². The Hall–Kier alpha value is -5.17. The average Bonchev–Trinajstić information content (AvgIpc) is 3.76. The molecule has 5 aromatic rings. The van der Waals surface area contributed by atoms with Crippen LogP contribution in [0.2, 0.25) is 5.02 Å². The first-order valence-corrected chi connectivity index (χ1v) is 17.5. The van der Waals surface area contributed by atoms with Crippen LogP contribution in [0.4, 0.5) is 0 Å². The fourth-order valence-electron chi connectivity index (χ4n) is 6.80. The van der Waals surface area contributed by atoms with Crippen LogP contribution in [0.3, 0.4) is 0 Å². The second-order valence-corrected chi connectivity index (χ2v) is 13.3. The highest BCUT2D eigenvalue weighted by Gasteiger charge is 2.22. The number of rotatable bonds is 12. The number of benzene rings is 2. The van der Waals surface area contributed by atoms with Crippen LogP contribution < -0.4 is 31.6 Å². The second kappa shape index (κ2) is 15.0. The predicted molar refractivity (Wildman–Crippen MR) is 195 cm³/mol. The topological polar surface area (TPSA) is 152 Å². The Kier molecular flexibility index (Phi) is 10.1. The van der Waals surface area contributed by atoms with Crippen molar-refractivity contribution in [3.63, 3.8) is 0 Å². The quantitative estimate of drug-likeness (QED) is 0.150. The van der Waals surface area contributed by atoms with Gasteiger partial charge >= 0.3 is 0 Å². The molecule has 3 aromatic heterocycles. The van der Waals surface area contributed by atoms with E-state index < -0.39 is 0 Å². The lowest BCUT2D eigenvalue weighted by Crippen LogP contribution is -2.36. The van der Waals surface area contributed by atoms with Crippen molar-refractivity contribution < 1.29 is 14.3 Å². The van der Waals surface area contributed by atoms with Gasteiger partial charge in [0.25, 0.3) is 5.56 Å². The van der Waals surface area contributed by atoms with Crippen molar-refractivity contribution in [3.8, 4) is 39.4 Å². The van der Waals surface area contributed by atoms with Crippen LogP contribution in [-0.2, 0) is 22.7 Å². The van der Waals surface area contributed by atoms with Gasteiger partial charge in [0.05, 0.1) is 24.0 Å². The summed E-state index contributed by atoms with van der Waals surface area (Å²) in [4.78, 5) is 50.3. The van der Waals surface area contributed by atoms with Gasteiger partial charge in [-0.3, -0.25) is 23.8 Å². The zero-order chi connectivity index (χ0) is 35.5. The summed E-state index contributed by atoms with van der Waals surface area (Å²) < 4.78 is 7.16. The van der Waals surface area contributed by atoms with Gasteiger partial charge in [0.2, 0.25) is 17.7 Å². The first kappa shape index (κ1) is 34.3. The third kappa shape index (κ3) is 7.34. The van der Waals surface area contributed by atoms with E-state index in [1.807, 2.05) is 48.5 Å². The molecule has 0 saturated carbocycles. The fourth-order valence-corrected chi connectivity index (χ4v) is 7.12. The minimum atomic E-state index is -0.133. The van der Waals surface area contributed by atoms with Gasteiger partial charge in [-0.25, -0.2) is 9.97 Å². The number of amides is 2. The summed E-state index contributed by atoms with van der Waals surface area (Å²) in [5, 5.41) is 13.0. The summed E-state index contributed by atoms with van der Waals surface area (Å²) in [6.07, 6.45) is 7.79. The molecular formula is C38H39ClN8O4. The van der Waals surface area contributed by atoms with E-state index in [9.17, 15) is 14.4 Å². The predicted octanol–water partition coefficient (Wildman–Crippen LogP) is 4.19. The Bertz CT molecular complexity index is 2190. The molecular weight excluding hydrogens is 668 g/mol. The van der Waals surface area contributed by atoms with E-state index in [0.717, 1.165) is 46.2 Å². The maximum atomic E-state index is 13.3. The lowest BCUT2D eigenvalue weighted by molar-refractivity contribution is -0.120. The molecule has 2 amide bonds. The Balaban J connectivity index is 1.10. The molecule has 2 atom stereocenters. The van der Waals surface area contributed by atoms with Crippen molar-refractivity contribution in [2.24, 2.45) is 0 Å². The molecule has 2 aliphatic rings. The lowest BCUT2D eigenvalue weighted by Gasteiger charge is -2.16. The highest BCUT2D eigenvalue weighted by atomic mass is 35.5. The molecule has 2 aliphatic heterocycles. The molecule has 0 unspecified atom stereocenters. The maximum absolute atomic E-state index is 13.3. The standard InChI is InChI=1S/C38H39ClN8O4/c1-22-27(23-13-14-47-33(15-23)43-17-24(38(47)50)16-40-18-25-9-11-34(48)44-25)5-3-6-28(22)29-7-4-8-30(36(29)39)31-21-42-32(37(46-31)51-2)20-41-19-26-10-12-35(49)45-26/h3-8,13-15,17,21,25-26,40-41H,9-12,16,18-20H2,1-2H3,(H,44,48)(H,45,49)/t25-,26-/m1/s1. The van der Waals surface area contributed by atoms with Crippen LogP contribution in [0.25, 0.3) is 39.2 Å². The van der Waals surface area contributed by atoms with Crippen molar-refractivity contribution in [3.05, 3.63) is 99.3 Å². The summed E-state index contributed by atoms with van der Waals surface area (Å²) >= 11 is 7.11. The van der Waals surface area contributed by atoms with Crippen LogP contribution in [0.1, 0.15) is 42.5 Å². The smallest absolute Gasteiger partial charge is 0.262 e. The molecule has 13 heteroatoms. The van der Waals surface area contributed by atoms with E-state index in [1.165, 1.54) is 0 Å². The number of pyridine rings is 1. The molecule has 262 valence electrons. The van der Waals surface area contributed by atoms with Crippen molar-refractivity contribution in [1.29, 1.82) is 0 Å². The SMILES string of the molecule is COc1nc(-c2cccc(-c3cccc(-c4ccn5c(=O)c(CNC[C@H]6CCC(=O)N6)cnc5c4)c3C)c2Cl)cnc1CNC[C@H]1CCC(=O)N1. The number of hydrogen-bond acceptors (Lipinski definition) is 9. The monoisotopic (exact) mass is 706 g/mol. The fraction of sp³-hybridized carbons (Fsp3) is 0.316. The number of halogens is 1. The number of nitrogens with one attached hydrogen (secondary N) is 4. The van der Waals surface area contributed by atoms with Crippen molar-refractivity contribution in [2.75, 3.05) is 20.2 Å². The molecule has 5 heterocycles. The lowest BCUT2D eigenvalue weighted by atomic mass is 9.92. The second-order valence-electron chi connectivity index (χ2n) is 13.0. The molecule has 0 bridgehead atoms. The summed E-state index contributed by atoms with van der Waals surface area (Å²) in [6.45, 7) is 4.11. The van der Waals surface area contributed by atoms with Gasteiger partial charge in [-0.1, -0.05) is 48.0 Å². The zero-order valence-corrected chi connectivity index (χ0v) is 29.2. The normalized spacial score (nSPS) is 17.2. The van der Waals surface area contributed by atoms with Crippen LogP contribution in [0, 0.1) is 6.92 Å². The van der Waals surface area contributed by atoms with Gasteiger partial charge in [-0.05, 0) is 54.2 Å². The summed E-state index contributed by atoms with van der Waals surface area (Å²) in [5.41, 5.74) is 7.70. The average molecular weight is 707 g/mol. The van der Waals surface area contributed by atoms with Gasteiger partial charge in [0.15, 0.2) is 0 Å². The first-order valence-electron chi connectivity index (χ1n) is 17.1. The number of aromatic nitrogens is 4. The van der Waals surface area contributed by atoms with E-state index >= 15 is 0 Å². The molecule has 2 fully saturated rings. The summed E-state index contributed by atoms with van der Waals surface area (Å²) in [5.74, 6) is 0.557. The van der Waals surface area contributed by atoms with Crippen molar-refractivity contribution >= 4 is 29.1 Å². The van der Waals surface area contributed by atoms with Gasteiger partial charge in [0, 0.05) is 80.2 Å². The maximum Gasteiger partial charge on any atom is 0.262 e. The van der Waals surface area contributed by atoms with Gasteiger partial charge in [-0.2, -0.15) is 0 Å². The van der Waals surface area contributed by atoms with E-state index in [0.29, 0.717) is 72.5 Å². The highest BCUT2D eigenvalue weighted by molar-refractivity contribution is 6.36. The molecule has 7 rings (SSSR count). The number of hydrogen-bond donors (Lipinski definition) is 4. The molecule has 12 nitrogen and oxygen atoms in total. The first-order chi connectivity index (χ1) is 24.8. The number of carbonyl (C=O) groups is 2.